The molecule has 1 aliphatic rings. The predicted molar refractivity (Wildman–Crippen MR) is 124 cm³/mol. The molecule has 0 bridgehead atoms. The number of hydrogen-bond donors (Lipinski definition) is 0. The molecule has 7 heteroatoms. The Morgan fingerprint density at radius 3 is 2.65 bits per heavy atom. The van der Waals surface area contributed by atoms with Crippen LogP contribution in [-0.4, -0.2) is 27.0 Å². The Hall–Kier alpha value is -3.32. The maximum atomic E-state index is 13.1. The molecule has 0 saturated carbocycles. The first-order chi connectivity index (χ1) is 15.0. The summed E-state index contributed by atoms with van der Waals surface area (Å²) in [7, 11) is 0. The number of para-hydroxylation sites is 1. The highest BCUT2D eigenvalue weighted by atomic mass is 32.1. The van der Waals surface area contributed by atoms with Gasteiger partial charge < -0.3 is 4.90 Å². The van der Waals surface area contributed by atoms with Gasteiger partial charge in [-0.1, -0.05) is 49.4 Å². The lowest BCUT2D eigenvalue weighted by molar-refractivity contribution is -0.119. The predicted octanol–water partition coefficient (Wildman–Crippen LogP) is 3.98. The summed E-state index contributed by atoms with van der Waals surface area (Å²) < 4.78 is 1.47. The fourth-order valence-electron chi connectivity index (χ4n) is 4.11. The zero-order valence-electron chi connectivity index (χ0n) is 17.5. The van der Waals surface area contributed by atoms with Gasteiger partial charge >= 0.3 is 5.69 Å². The molecule has 156 valence electrons. The molecule has 0 fully saturated rings. The van der Waals surface area contributed by atoms with E-state index in [1.165, 1.54) is 21.5 Å². The van der Waals surface area contributed by atoms with Gasteiger partial charge in [0.2, 0.25) is 5.91 Å². The van der Waals surface area contributed by atoms with Gasteiger partial charge in [-0.2, -0.15) is 4.98 Å². The topological polar surface area (TPSA) is 68.1 Å². The van der Waals surface area contributed by atoms with Crippen molar-refractivity contribution in [3.05, 3.63) is 75.1 Å². The Balaban J connectivity index is 1.55. The summed E-state index contributed by atoms with van der Waals surface area (Å²) >= 11 is 1.42. The number of anilines is 1. The van der Waals surface area contributed by atoms with E-state index in [-0.39, 0.29) is 12.5 Å². The monoisotopic (exact) mass is 430 g/mol. The van der Waals surface area contributed by atoms with E-state index in [2.05, 4.69) is 16.9 Å². The molecule has 5 rings (SSSR count). The van der Waals surface area contributed by atoms with Crippen molar-refractivity contribution in [2.45, 2.75) is 33.2 Å². The standard InChI is InChI=1S/C24H22N4O2S/c1-3-16-8-10-18(11-9-16)21-22-23(31-15(2)25-22)28(24(30)26-21)14-20(29)27-13-12-17-6-4-5-7-19(17)27/h4-11H,3,12-14H2,1-2H3. The van der Waals surface area contributed by atoms with Crippen LogP contribution in [-0.2, 0) is 24.2 Å². The number of carbonyl (C=O) groups excluding carboxylic acids is 1. The second-order valence-electron chi connectivity index (χ2n) is 7.69. The summed E-state index contributed by atoms with van der Waals surface area (Å²) in [5.74, 6) is -0.110. The van der Waals surface area contributed by atoms with Crippen molar-refractivity contribution in [2.24, 2.45) is 0 Å². The van der Waals surface area contributed by atoms with Gasteiger partial charge in [0.1, 0.15) is 22.6 Å². The number of amides is 1. The Morgan fingerprint density at radius 1 is 1.10 bits per heavy atom. The molecule has 31 heavy (non-hydrogen) atoms. The third-order valence-electron chi connectivity index (χ3n) is 5.74. The molecule has 1 amide bonds. The molecular formula is C24H22N4O2S. The number of thiazole rings is 1. The van der Waals surface area contributed by atoms with Crippen molar-refractivity contribution >= 4 is 33.3 Å². The zero-order valence-corrected chi connectivity index (χ0v) is 18.3. The molecular weight excluding hydrogens is 408 g/mol. The van der Waals surface area contributed by atoms with Crippen molar-refractivity contribution < 1.29 is 4.79 Å². The van der Waals surface area contributed by atoms with E-state index in [9.17, 15) is 9.59 Å². The normalized spacial score (nSPS) is 13.0. The molecule has 0 atom stereocenters. The number of rotatable bonds is 4. The van der Waals surface area contributed by atoms with Crippen molar-refractivity contribution in [1.82, 2.24) is 14.5 Å². The van der Waals surface area contributed by atoms with E-state index in [0.717, 1.165) is 34.7 Å². The van der Waals surface area contributed by atoms with E-state index in [1.54, 1.807) is 4.90 Å². The molecule has 0 N–H and O–H groups in total. The van der Waals surface area contributed by atoms with E-state index < -0.39 is 5.69 Å². The van der Waals surface area contributed by atoms with Gasteiger partial charge in [-0.05, 0) is 37.0 Å². The summed E-state index contributed by atoms with van der Waals surface area (Å²) in [5, 5.41) is 0.835. The lowest BCUT2D eigenvalue weighted by Crippen LogP contribution is -2.36. The van der Waals surface area contributed by atoms with Crippen LogP contribution >= 0.6 is 11.3 Å². The first-order valence-electron chi connectivity index (χ1n) is 10.4. The molecule has 1 aliphatic heterocycles. The molecule has 6 nitrogen and oxygen atoms in total. The maximum absolute atomic E-state index is 13.1. The van der Waals surface area contributed by atoms with Gasteiger partial charge in [0.05, 0.1) is 5.01 Å². The molecule has 2 aromatic carbocycles. The maximum Gasteiger partial charge on any atom is 0.349 e. The number of benzene rings is 2. The highest BCUT2D eigenvalue weighted by molar-refractivity contribution is 7.18. The number of hydrogen-bond acceptors (Lipinski definition) is 5. The smallest absolute Gasteiger partial charge is 0.310 e. The van der Waals surface area contributed by atoms with Gasteiger partial charge in [0.25, 0.3) is 0 Å². The largest absolute Gasteiger partial charge is 0.349 e. The Kier molecular flexibility index (Phi) is 4.90. The number of nitrogens with zero attached hydrogens (tertiary/aromatic N) is 4. The van der Waals surface area contributed by atoms with Crippen molar-refractivity contribution in [2.75, 3.05) is 11.4 Å². The van der Waals surface area contributed by atoms with E-state index in [1.807, 2.05) is 55.5 Å². The number of aryl methyl sites for hydroxylation is 2. The van der Waals surface area contributed by atoms with Gasteiger partial charge in [0.15, 0.2) is 0 Å². The van der Waals surface area contributed by atoms with Crippen LogP contribution in [0.1, 0.15) is 23.1 Å². The minimum Gasteiger partial charge on any atom is -0.310 e. The summed E-state index contributed by atoms with van der Waals surface area (Å²) in [6.07, 6.45) is 1.78. The van der Waals surface area contributed by atoms with Crippen LogP contribution in [0.15, 0.2) is 53.3 Å². The van der Waals surface area contributed by atoms with Gasteiger partial charge in [-0.25, -0.2) is 9.78 Å². The van der Waals surface area contributed by atoms with Gasteiger partial charge in [-0.15, -0.1) is 11.3 Å². The van der Waals surface area contributed by atoms with Crippen molar-refractivity contribution in [1.29, 1.82) is 0 Å². The first kappa shape index (κ1) is 19.6. The van der Waals surface area contributed by atoms with Crippen LogP contribution in [0.25, 0.3) is 21.6 Å². The molecule has 0 spiro atoms. The Labute approximate surface area is 183 Å². The lowest BCUT2D eigenvalue weighted by atomic mass is 10.1. The zero-order chi connectivity index (χ0) is 21.5. The molecule has 0 saturated heterocycles. The minimum atomic E-state index is -0.424. The highest BCUT2D eigenvalue weighted by Crippen LogP contribution is 2.30. The number of carbonyl (C=O) groups is 1. The third-order valence-corrected chi connectivity index (χ3v) is 6.74. The van der Waals surface area contributed by atoms with E-state index in [0.29, 0.717) is 22.6 Å². The summed E-state index contributed by atoms with van der Waals surface area (Å²) in [4.78, 5) is 37.6. The lowest BCUT2D eigenvalue weighted by Gasteiger charge is -2.18. The van der Waals surface area contributed by atoms with Crippen molar-refractivity contribution in [3.8, 4) is 11.3 Å². The second-order valence-corrected chi connectivity index (χ2v) is 8.87. The third kappa shape index (κ3) is 3.45. The van der Waals surface area contributed by atoms with Gasteiger partial charge in [0, 0.05) is 17.8 Å². The second kappa shape index (κ2) is 7.74. The summed E-state index contributed by atoms with van der Waals surface area (Å²) in [6.45, 7) is 4.59. The van der Waals surface area contributed by atoms with E-state index in [4.69, 9.17) is 0 Å². The van der Waals surface area contributed by atoms with Crippen LogP contribution < -0.4 is 10.6 Å². The summed E-state index contributed by atoms with van der Waals surface area (Å²) in [6, 6.07) is 16.0. The fourth-order valence-corrected chi connectivity index (χ4v) is 5.01. The van der Waals surface area contributed by atoms with E-state index >= 15 is 0 Å². The Bertz CT molecular complexity index is 1350. The first-order valence-corrected chi connectivity index (χ1v) is 11.2. The highest BCUT2D eigenvalue weighted by Gasteiger charge is 2.26. The fraction of sp³-hybridized carbons (Fsp3) is 0.250. The van der Waals surface area contributed by atoms with Gasteiger partial charge in [-0.3, -0.25) is 9.36 Å². The van der Waals surface area contributed by atoms with Crippen LogP contribution in [0.4, 0.5) is 5.69 Å². The van der Waals surface area contributed by atoms with Crippen LogP contribution in [0, 0.1) is 6.92 Å². The Morgan fingerprint density at radius 2 is 1.87 bits per heavy atom. The number of fused-ring (bicyclic) bond motifs is 2. The average molecular weight is 431 g/mol. The van der Waals surface area contributed by atoms with Crippen molar-refractivity contribution in [3.63, 3.8) is 0 Å². The molecule has 0 unspecified atom stereocenters. The van der Waals surface area contributed by atoms with Crippen LogP contribution in [0.3, 0.4) is 0 Å². The van der Waals surface area contributed by atoms with Crippen LogP contribution in [0.5, 0.6) is 0 Å². The molecule has 3 heterocycles. The summed E-state index contributed by atoms with van der Waals surface area (Å²) in [5.41, 5.74) is 4.98. The SMILES string of the molecule is CCc1ccc(-c2nc(=O)n(CC(=O)N3CCc4ccccc43)c3sc(C)nc23)cc1. The number of aromatic nitrogens is 3. The molecule has 2 aromatic heterocycles. The minimum absolute atomic E-state index is 0.0483. The molecule has 0 aliphatic carbocycles. The quantitative estimate of drug-likeness (QED) is 0.491. The van der Waals surface area contributed by atoms with Crippen LogP contribution in [0.2, 0.25) is 0 Å². The average Bonchev–Trinajstić information content (AvgIpc) is 3.39. The molecule has 4 aromatic rings. The molecule has 0 radical (unpaired) electrons.